The summed E-state index contributed by atoms with van der Waals surface area (Å²) in [7, 11) is 0. The third-order valence-electron chi connectivity index (χ3n) is 6.51. The van der Waals surface area contributed by atoms with E-state index in [1.165, 1.54) is 6.07 Å². The molecule has 6 nitrogen and oxygen atoms in total. The number of hydrogen-bond acceptors (Lipinski definition) is 3. The number of carboxylic acid groups (broad SMARTS) is 1. The van der Waals surface area contributed by atoms with Gasteiger partial charge in [0.15, 0.2) is 0 Å². The number of carbonyl (C=O) groups is 2. The number of alkyl halides is 3. The molecule has 9 heteroatoms. The zero-order valence-corrected chi connectivity index (χ0v) is 17.2. The predicted octanol–water partition coefficient (Wildman–Crippen LogP) is 3.82. The highest BCUT2D eigenvalue weighted by Gasteiger charge is 2.49. The lowest BCUT2D eigenvalue weighted by atomic mass is 9.74. The van der Waals surface area contributed by atoms with Crippen LogP contribution in [-0.2, 0) is 11.0 Å². The number of piperazine rings is 1. The third-order valence-corrected chi connectivity index (χ3v) is 6.51. The molecule has 0 radical (unpaired) electrons. The normalized spacial score (nSPS) is 24.9. The molecule has 166 valence electrons. The lowest BCUT2D eigenvalue weighted by molar-refractivity contribution is -0.145. The minimum Gasteiger partial charge on any atom is -0.465 e. The molecule has 0 aromatic heterocycles. The number of benzene rings is 1. The maximum absolute atomic E-state index is 13.4. The van der Waals surface area contributed by atoms with Crippen LogP contribution in [0.1, 0.15) is 38.7 Å². The summed E-state index contributed by atoms with van der Waals surface area (Å²) in [6.07, 6.45) is -3.74. The third kappa shape index (κ3) is 4.49. The molecule has 1 unspecified atom stereocenters. The van der Waals surface area contributed by atoms with E-state index in [2.05, 4.69) is 5.32 Å². The van der Waals surface area contributed by atoms with E-state index < -0.39 is 23.2 Å². The first-order valence-electron chi connectivity index (χ1n) is 10.2. The first-order valence-corrected chi connectivity index (χ1v) is 10.2. The van der Waals surface area contributed by atoms with Crippen molar-refractivity contribution >= 4 is 17.7 Å². The highest BCUT2D eigenvalue weighted by atomic mass is 19.4. The predicted molar refractivity (Wildman–Crippen MR) is 106 cm³/mol. The number of hydrogen-bond donors (Lipinski definition) is 2. The van der Waals surface area contributed by atoms with Gasteiger partial charge in [0, 0.05) is 37.9 Å². The number of anilines is 1. The highest BCUT2D eigenvalue weighted by molar-refractivity contribution is 5.84. The van der Waals surface area contributed by atoms with Gasteiger partial charge in [-0.05, 0) is 43.4 Å². The average Bonchev–Trinajstić information content (AvgIpc) is 3.11. The van der Waals surface area contributed by atoms with Crippen LogP contribution in [0.2, 0.25) is 0 Å². The fraction of sp³-hybridized carbons (Fsp3) is 0.619. The van der Waals surface area contributed by atoms with E-state index >= 15 is 0 Å². The Morgan fingerprint density at radius 2 is 1.87 bits per heavy atom. The lowest BCUT2D eigenvalue weighted by Gasteiger charge is -2.42. The molecule has 1 aromatic rings. The van der Waals surface area contributed by atoms with Crippen molar-refractivity contribution in [2.45, 2.75) is 45.3 Å². The molecule has 1 aliphatic heterocycles. The van der Waals surface area contributed by atoms with Gasteiger partial charge in [-0.25, -0.2) is 4.79 Å². The van der Waals surface area contributed by atoms with Gasteiger partial charge in [-0.2, -0.15) is 13.2 Å². The number of amides is 2. The van der Waals surface area contributed by atoms with Crippen LogP contribution in [0, 0.1) is 11.3 Å². The summed E-state index contributed by atoms with van der Waals surface area (Å²) >= 11 is 0. The van der Waals surface area contributed by atoms with Crippen molar-refractivity contribution in [1.82, 2.24) is 10.2 Å². The second kappa shape index (κ2) is 8.35. The quantitative estimate of drug-likeness (QED) is 0.766. The van der Waals surface area contributed by atoms with Crippen LogP contribution < -0.4 is 10.2 Å². The van der Waals surface area contributed by atoms with Gasteiger partial charge in [-0.3, -0.25) is 4.79 Å². The fourth-order valence-electron chi connectivity index (χ4n) is 4.70. The number of nitrogens with zero attached hydrogens (tertiary/aromatic N) is 2. The van der Waals surface area contributed by atoms with Crippen LogP contribution in [0.5, 0.6) is 0 Å². The van der Waals surface area contributed by atoms with E-state index in [1.807, 2.05) is 18.7 Å². The van der Waals surface area contributed by atoms with Gasteiger partial charge < -0.3 is 20.2 Å². The molecule has 2 aliphatic rings. The van der Waals surface area contributed by atoms with Crippen LogP contribution in [-0.4, -0.2) is 54.2 Å². The van der Waals surface area contributed by atoms with Gasteiger partial charge in [0.2, 0.25) is 5.91 Å². The summed E-state index contributed by atoms with van der Waals surface area (Å²) in [6.45, 7) is 5.75. The van der Waals surface area contributed by atoms with Gasteiger partial charge in [-0.15, -0.1) is 0 Å². The molecule has 2 fully saturated rings. The Labute approximate surface area is 174 Å². The van der Waals surface area contributed by atoms with Crippen molar-refractivity contribution in [1.29, 1.82) is 0 Å². The number of carbonyl (C=O) groups excluding carboxylic acids is 1. The molecule has 1 heterocycles. The molecule has 2 N–H and O–H groups in total. The SMILES string of the molecule is CC(C)C1(C(=O)N2CCN(c3cccc(C(F)(F)F)c3)CC2)CC[C@@H](NC(=O)O)C1. The van der Waals surface area contributed by atoms with E-state index in [1.54, 1.807) is 11.0 Å². The van der Waals surface area contributed by atoms with Crippen molar-refractivity contribution in [2.24, 2.45) is 11.3 Å². The molecule has 3 rings (SSSR count). The summed E-state index contributed by atoms with van der Waals surface area (Å²) in [5, 5.41) is 11.5. The van der Waals surface area contributed by atoms with Crippen LogP contribution in [0.15, 0.2) is 24.3 Å². The molecule has 0 bridgehead atoms. The molecule has 2 atom stereocenters. The molecule has 1 aliphatic carbocycles. The Bertz CT molecular complexity index is 791. The van der Waals surface area contributed by atoms with Crippen molar-refractivity contribution in [3.05, 3.63) is 29.8 Å². The molecule has 1 saturated carbocycles. The number of halogens is 3. The number of rotatable bonds is 4. The second-order valence-corrected chi connectivity index (χ2v) is 8.53. The maximum atomic E-state index is 13.4. The fourth-order valence-corrected chi connectivity index (χ4v) is 4.70. The van der Waals surface area contributed by atoms with Gasteiger partial charge in [0.25, 0.3) is 0 Å². The molecular formula is C21H28F3N3O3. The van der Waals surface area contributed by atoms with Gasteiger partial charge >= 0.3 is 12.3 Å². The minimum absolute atomic E-state index is 0.0240. The topological polar surface area (TPSA) is 72.9 Å². The summed E-state index contributed by atoms with van der Waals surface area (Å²) in [6, 6.07) is 5.02. The molecule has 1 aromatic carbocycles. The van der Waals surface area contributed by atoms with Gasteiger partial charge in [0.05, 0.1) is 11.0 Å². The summed E-state index contributed by atoms with van der Waals surface area (Å²) in [4.78, 5) is 28.0. The van der Waals surface area contributed by atoms with Crippen LogP contribution >= 0.6 is 0 Å². The lowest BCUT2D eigenvalue weighted by Crippen LogP contribution is -2.54. The highest BCUT2D eigenvalue weighted by Crippen LogP contribution is 2.46. The molecular weight excluding hydrogens is 399 g/mol. The van der Waals surface area contributed by atoms with Crippen molar-refractivity contribution < 1.29 is 27.9 Å². The standard InChI is InChI=1S/C21H28F3N3O3/c1-14(2)20(7-6-16(13-20)25-19(29)30)18(28)27-10-8-26(9-11-27)17-5-3-4-15(12-17)21(22,23)24/h3-5,12,14,16,25H,6-11,13H2,1-2H3,(H,29,30)/t16-,20?/m1/s1. The summed E-state index contributed by atoms with van der Waals surface area (Å²) in [5.74, 6) is 0.0861. The van der Waals surface area contributed by atoms with Crippen molar-refractivity contribution in [2.75, 3.05) is 31.1 Å². The first kappa shape index (κ1) is 22.2. The van der Waals surface area contributed by atoms with Crippen molar-refractivity contribution in [3.8, 4) is 0 Å². The van der Waals surface area contributed by atoms with E-state index in [0.29, 0.717) is 51.1 Å². The average molecular weight is 427 g/mol. The van der Waals surface area contributed by atoms with Crippen LogP contribution in [0.4, 0.5) is 23.7 Å². The molecule has 30 heavy (non-hydrogen) atoms. The van der Waals surface area contributed by atoms with E-state index in [9.17, 15) is 22.8 Å². The molecule has 1 saturated heterocycles. The largest absolute Gasteiger partial charge is 0.465 e. The Morgan fingerprint density at radius 1 is 1.20 bits per heavy atom. The Balaban J connectivity index is 1.67. The van der Waals surface area contributed by atoms with E-state index in [4.69, 9.17) is 5.11 Å². The Morgan fingerprint density at radius 3 is 2.43 bits per heavy atom. The smallest absolute Gasteiger partial charge is 0.416 e. The van der Waals surface area contributed by atoms with Crippen LogP contribution in [0.25, 0.3) is 0 Å². The second-order valence-electron chi connectivity index (χ2n) is 8.53. The monoisotopic (exact) mass is 427 g/mol. The van der Waals surface area contributed by atoms with Crippen LogP contribution in [0.3, 0.4) is 0 Å². The number of nitrogens with one attached hydrogen (secondary N) is 1. The Kier molecular flexibility index (Phi) is 6.19. The zero-order chi connectivity index (χ0) is 22.1. The molecule has 0 spiro atoms. The zero-order valence-electron chi connectivity index (χ0n) is 17.2. The van der Waals surface area contributed by atoms with Gasteiger partial charge in [0.1, 0.15) is 0 Å². The molecule has 2 amide bonds. The summed E-state index contributed by atoms with van der Waals surface area (Å²) in [5.41, 5.74) is -0.784. The van der Waals surface area contributed by atoms with Gasteiger partial charge in [-0.1, -0.05) is 19.9 Å². The van der Waals surface area contributed by atoms with Crippen molar-refractivity contribution in [3.63, 3.8) is 0 Å². The van der Waals surface area contributed by atoms with E-state index in [0.717, 1.165) is 12.1 Å². The maximum Gasteiger partial charge on any atom is 0.416 e. The van der Waals surface area contributed by atoms with E-state index in [-0.39, 0.29) is 17.9 Å². The Hall–Kier alpha value is -2.45. The summed E-state index contributed by atoms with van der Waals surface area (Å²) < 4.78 is 39.0. The first-order chi connectivity index (χ1) is 14.0. The minimum atomic E-state index is -4.39.